The Balaban J connectivity index is 3.34. The smallest absolute Gasteiger partial charge is 0.328 e. The second kappa shape index (κ2) is 19.4. The number of amidine groups is 1. The second-order valence-electron chi connectivity index (χ2n) is 12.0. The summed E-state index contributed by atoms with van der Waals surface area (Å²) in [5.74, 6) is -6.78. The summed E-state index contributed by atoms with van der Waals surface area (Å²) >= 11 is 0. The van der Waals surface area contributed by atoms with E-state index >= 15 is 0 Å². The molecule has 17 heteroatoms. The molecule has 0 saturated carbocycles. The summed E-state index contributed by atoms with van der Waals surface area (Å²) in [6.07, 6.45) is 0.605. The summed E-state index contributed by atoms with van der Waals surface area (Å²) in [6.45, 7) is 7.16. The van der Waals surface area contributed by atoms with Crippen molar-refractivity contribution in [1.82, 2.24) is 26.2 Å². The van der Waals surface area contributed by atoms with Crippen molar-refractivity contribution in [3.63, 3.8) is 0 Å². The quantitative estimate of drug-likeness (QED) is 0.0729. The molecule has 0 bridgehead atoms. The zero-order chi connectivity index (χ0) is 35.1. The standard InChI is InChI=1S/C29H49N7O10/c1-15(2)12-21-25(35-24(16(3)4)29(45)46)34-22(39)13-36(21)28(44)20(14-37)33-27(43)19(9-10-23(40)41)32-26(42)18(31-17(5)38)8-6-7-11-30/h15-16,18-21,24,37H,6-14,30H2,1-5H3,(H,31,38)(H,32,42)(H,33,43)(H,40,41)(H,45,46)(H,34,35,39)/t18-,19-,20-,21+,24-/m0/s1. The zero-order valence-corrected chi connectivity index (χ0v) is 27.1. The van der Waals surface area contributed by atoms with Gasteiger partial charge in [0, 0.05) is 13.3 Å². The summed E-state index contributed by atoms with van der Waals surface area (Å²) in [5, 5.41) is 38.9. The number of piperazine rings is 1. The van der Waals surface area contributed by atoms with Crippen LogP contribution in [0, 0.1) is 11.8 Å². The lowest BCUT2D eigenvalue weighted by molar-refractivity contribution is -0.143. The molecule has 260 valence electrons. The van der Waals surface area contributed by atoms with Crippen molar-refractivity contribution in [1.29, 1.82) is 0 Å². The highest BCUT2D eigenvalue weighted by Crippen LogP contribution is 2.19. The maximum Gasteiger partial charge on any atom is 0.328 e. The van der Waals surface area contributed by atoms with Gasteiger partial charge in [-0.2, -0.15) is 0 Å². The zero-order valence-electron chi connectivity index (χ0n) is 27.1. The fraction of sp³-hybridized carbons (Fsp3) is 0.724. The Labute approximate surface area is 268 Å². The molecule has 0 aromatic heterocycles. The van der Waals surface area contributed by atoms with Crippen molar-refractivity contribution in [2.75, 3.05) is 19.7 Å². The van der Waals surface area contributed by atoms with Gasteiger partial charge in [0.1, 0.15) is 30.5 Å². The van der Waals surface area contributed by atoms with E-state index in [1.807, 2.05) is 13.8 Å². The SMILES string of the molecule is CC(=O)N[C@@H](CCCCN)C(=O)N[C@@H](CCC(=O)O)C(=O)N[C@@H](CO)C(=O)N1CC(=O)NC(=N[C@H](C(=O)O)C(C)C)[C@H]1CC(C)C. The van der Waals surface area contributed by atoms with Gasteiger partial charge < -0.3 is 47.2 Å². The number of unbranched alkanes of at least 4 members (excludes halogenated alkanes) is 1. The van der Waals surface area contributed by atoms with E-state index in [4.69, 9.17) is 5.73 Å². The number of rotatable bonds is 19. The van der Waals surface area contributed by atoms with Crippen LogP contribution in [-0.2, 0) is 33.6 Å². The molecule has 17 nitrogen and oxygen atoms in total. The van der Waals surface area contributed by atoms with Crippen LogP contribution in [0.4, 0.5) is 0 Å². The van der Waals surface area contributed by atoms with E-state index < -0.39 is 97.2 Å². The average Bonchev–Trinajstić information content (AvgIpc) is 2.95. The van der Waals surface area contributed by atoms with Crippen LogP contribution < -0.4 is 27.0 Å². The normalized spacial score (nSPS) is 18.4. The van der Waals surface area contributed by atoms with Crippen LogP contribution in [0.5, 0.6) is 0 Å². The van der Waals surface area contributed by atoms with Crippen LogP contribution >= 0.6 is 0 Å². The number of carbonyl (C=O) groups is 7. The number of nitrogens with one attached hydrogen (secondary N) is 4. The molecule has 1 aliphatic heterocycles. The predicted molar refractivity (Wildman–Crippen MR) is 165 cm³/mol. The summed E-state index contributed by atoms with van der Waals surface area (Å²) in [7, 11) is 0. The van der Waals surface area contributed by atoms with Crippen molar-refractivity contribution in [3.05, 3.63) is 0 Å². The first-order valence-corrected chi connectivity index (χ1v) is 15.3. The molecule has 46 heavy (non-hydrogen) atoms. The van der Waals surface area contributed by atoms with E-state index in [0.29, 0.717) is 19.4 Å². The topological polar surface area (TPSA) is 270 Å². The first-order valence-electron chi connectivity index (χ1n) is 15.3. The van der Waals surface area contributed by atoms with Gasteiger partial charge in [0.25, 0.3) is 0 Å². The molecule has 1 heterocycles. The molecule has 1 saturated heterocycles. The van der Waals surface area contributed by atoms with Gasteiger partial charge in [-0.25, -0.2) is 4.79 Å². The summed E-state index contributed by atoms with van der Waals surface area (Å²) in [6, 6.07) is -6.24. The number of amides is 5. The monoisotopic (exact) mass is 655 g/mol. The average molecular weight is 656 g/mol. The third-order valence-corrected chi connectivity index (χ3v) is 7.13. The van der Waals surface area contributed by atoms with Crippen molar-refractivity contribution < 1.29 is 48.9 Å². The van der Waals surface area contributed by atoms with Crippen molar-refractivity contribution >= 4 is 47.3 Å². The maximum atomic E-state index is 13.7. The summed E-state index contributed by atoms with van der Waals surface area (Å²) in [4.78, 5) is 93.0. The molecule has 5 amide bonds. The molecule has 9 N–H and O–H groups in total. The Morgan fingerprint density at radius 1 is 0.957 bits per heavy atom. The number of carboxylic acids is 2. The highest BCUT2D eigenvalue weighted by molar-refractivity contribution is 6.08. The molecule has 1 fully saturated rings. The maximum absolute atomic E-state index is 13.7. The van der Waals surface area contributed by atoms with Crippen LogP contribution in [0.15, 0.2) is 4.99 Å². The first kappa shape index (κ1) is 39.9. The fourth-order valence-electron chi connectivity index (χ4n) is 4.83. The minimum Gasteiger partial charge on any atom is -0.481 e. The van der Waals surface area contributed by atoms with Gasteiger partial charge in [0.2, 0.25) is 29.5 Å². The molecule has 0 spiro atoms. The van der Waals surface area contributed by atoms with E-state index in [-0.39, 0.29) is 31.0 Å². The number of aliphatic hydroxyl groups is 1. The van der Waals surface area contributed by atoms with Gasteiger partial charge in [0.15, 0.2) is 6.04 Å². The van der Waals surface area contributed by atoms with Crippen molar-refractivity contribution in [2.45, 2.75) is 103 Å². The van der Waals surface area contributed by atoms with Crippen LogP contribution in [0.3, 0.4) is 0 Å². The fourth-order valence-corrected chi connectivity index (χ4v) is 4.83. The Morgan fingerprint density at radius 2 is 1.54 bits per heavy atom. The van der Waals surface area contributed by atoms with Gasteiger partial charge >= 0.3 is 11.9 Å². The van der Waals surface area contributed by atoms with Gasteiger partial charge in [-0.15, -0.1) is 0 Å². The Kier molecular flexibility index (Phi) is 16.8. The molecule has 0 unspecified atom stereocenters. The van der Waals surface area contributed by atoms with E-state index in [1.165, 1.54) is 6.92 Å². The number of aliphatic hydroxyl groups excluding tert-OH is 1. The number of aliphatic carboxylic acids is 2. The van der Waals surface area contributed by atoms with Crippen LogP contribution in [0.2, 0.25) is 0 Å². The number of hydrogen-bond acceptors (Lipinski definition) is 10. The minimum absolute atomic E-state index is 0.0346. The molecule has 1 rings (SSSR count). The number of nitrogens with two attached hydrogens (primary N) is 1. The molecule has 5 atom stereocenters. The Bertz CT molecular complexity index is 1140. The molecule has 1 aliphatic rings. The lowest BCUT2D eigenvalue weighted by Crippen LogP contribution is -2.65. The summed E-state index contributed by atoms with van der Waals surface area (Å²) in [5.41, 5.74) is 5.51. The van der Waals surface area contributed by atoms with Gasteiger partial charge in [-0.05, 0) is 50.5 Å². The summed E-state index contributed by atoms with van der Waals surface area (Å²) < 4.78 is 0. The third kappa shape index (κ3) is 13.1. The minimum atomic E-state index is -1.62. The molecular weight excluding hydrogens is 606 g/mol. The molecule has 0 aromatic carbocycles. The number of aliphatic imine (C=N–C) groups is 1. The number of nitrogens with zero attached hydrogens (tertiary/aromatic N) is 2. The van der Waals surface area contributed by atoms with E-state index in [9.17, 15) is 48.9 Å². The van der Waals surface area contributed by atoms with Crippen LogP contribution in [0.1, 0.15) is 73.1 Å². The molecule has 0 radical (unpaired) electrons. The van der Waals surface area contributed by atoms with Crippen LogP contribution in [0.25, 0.3) is 0 Å². The van der Waals surface area contributed by atoms with Gasteiger partial charge in [-0.1, -0.05) is 27.7 Å². The molecule has 0 aliphatic carbocycles. The van der Waals surface area contributed by atoms with E-state index in [1.54, 1.807) is 13.8 Å². The number of hydrogen-bond donors (Lipinski definition) is 8. The Morgan fingerprint density at radius 3 is 2.02 bits per heavy atom. The van der Waals surface area contributed by atoms with E-state index in [2.05, 4.69) is 26.3 Å². The predicted octanol–water partition coefficient (Wildman–Crippen LogP) is -1.67. The highest BCUT2D eigenvalue weighted by Gasteiger charge is 2.40. The lowest BCUT2D eigenvalue weighted by Gasteiger charge is -2.39. The number of carboxylic acid groups (broad SMARTS) is 2. The highest BCUT2D eigenvalue weighted by atomic mass is 16.4. The molecule has 0 aromatic rings. The van der Waals surface area contributed by atoms with Crippen molar-refractivity contribution in [3.8, 4) is 0 Å². The van der Waals surface area contributed by atoms with E-state index in [0.717, 1.165) is 4.90 Å². The van der Waals surface area contributed by atoms with Crippen molar-refractivity contribution in [2.24, 2.45) is 22.6 Å². The Hall–Kier alpha value is -4.12. The van der Waals surface area contributed by atoms with Gasteiger partial charge in [0.05, 0.1) is 12.6 Å². The largest absolute Gasteiger partial charge is 0.481 e. The molecular formula is C29H49N7O10. The van der Waals surface area contributed by atoms with Gasteiger partial charge in [-0.3, -0.25) is 33.8 Å². The second-order valence-corrected chi connectivity index (χ2v) is 12.0. The lowest BCUT2D eigenvalue weighted by atomic mass is 9.97. The van der Waals surface area contributed by atoms with Crippen LogP contribution in [-0.4, -0.2) is 117 Å². The first-order chi connectivity index (χ1) is 21.5. The number of carbonyl (C=O) groups excluding carboxylic acids is 5. The third-order valence-electron chi connectivity index (χ3n) is 7.13.